The van der Waals surface area contributed by atoms with E-state index in [1.807, 2.05) is 13.8 Å². The fourth-order valence-corrected chi connectivity index (χ4v) is 1.57. The Hall–Kier alpha value is -1.16. The van der Waals surface area contributed by atoms with Gasteiger partial charge in [-0.2, -0.15) is 0 Å². The van der Waals surface area contributed by atoms with Gasteiger partial charge >= 0.3 is 0 Å². The summed E-state index contributed by atoms with van der Waals surface area (Å²) in [5, 5.41) is 3.25. The number of ether oxygens (including phenoxy) is 1. The predicted molar refractivity (Wildman–Crippen MR) is 68.8 cm³/mol. The Bertz CT molecular complexity index is 369. The molecule has 0 aliphatic carbocycles. The van der Waals surface area contributed by atoms with Gasteiger partial charge in [-0.3, -0.25) is 0 Å². The summed E-state index contributed by atoms with van der Waals surface area (Å²) in [6, 6.07) is 3.38. The molecular formula is C14H21F2NO. The summed E-state index contributed by atoms with van der Waals surface area (Å²) in [5.41, 5.74) is 0. The molecule has 0 aromatic heterocycles. The smallest absolute Gasteiger partial charge is 0.167 e. The third-order valence-corrected chi connectivity index (χ3v) is 2.69. The molecule has 1 rings (SSSR count). The predicted octanol–water partition coefficient (Wildman–Crippen LogP) is 3.37. The van der Waals surface area contributed by atoms with Crippen molar-refractivity contribution in [2.45, 2.75) is 33.3 Å². The van der Waals surface area contributed by atoms with Gasteiger partial charge in [0.2, 0.25) is 0 Å². The van der Waals surface area contributed by atoms with E-state index >= 15 is 0 Å². The maximum absolute atomic E-state index is 13.5. The summed E-state index contributed by atoms with van der Waals surface area (Å²) in [4.78, 5) is 0. The third-order valence-electron chi connectivity index (χ3n) is 2.69. The first kappa shape index (κ1) is 14.9. The average molecular weight is 257 g/mol. The van der Waals surface area contributed by atoms with Crippen LogP contribution in [0.5, 0.6) is 5.75 Å². The summed E-state index contributed by atoms with van der Waals surface area (Å²) in [6.07, 6.45) is 0.909. The molecule has 4 heteroatoms. The van der Waals surface area contributed by atoms with E-state index in [4.69, 9.17) is 4.74 Å². The highest BCUT2D eigenvalue weighted by Crippen LogP contribution is 2.20. The van der Waals surface area contributed by atoms with E-state index in [0.29, 0.717) is 6.54 Å². The van der Waals surface area contributed by atoms with Crippen LogP contribution >= 0.6 is 0 Å². The summed E-state index contributed by atoms with van der Waals surface area (Å²) < 4.78 is 31.9. The first-order chi connectivity index (χ1) is 8.54. The highest BCUT2D eigenvalue weighted by molar-refractivity contribution is 5.25. The van der Waals surface area contributed by atoms with Gasteiger partial charge < -0.3 is 10.1 Å². The van der Waals surface area contributed by atoms with Gasteiger partial charge in [0.1, 0.15) is 11.9 Å². The van der Waals surface area contributed by atoms with Crippen molar-refractivity contribution in [3.8, 4) is 5.75 Å². The molecule has 0 bridgehead atoms. The monoisotopic (exact) mass is 257 g/mol. The molecule has 1 unspecified atom stereocenters. The molecule has 0 saturated heterocycles. The average Bonchev–Trinajstić information content (AvgIpc) is 2.30. The van der Waals surface area contributed by atoms with Crippen LogP contribution in [0.25, 0.3) is 0 Å². The van der Waals surface area contributed by atoms with Crippen LogP contribution in [0.2, 0.25) is 0 Å². The fourth-order valence-electron chi connectivity index (χ4n) is 1.57. The zero-order valence-corrected chi connectivity index (χ0v) is 11.2. The quantitative estimate of drug-likeness (QED) is 0.756. The van der Waals surface area contributed by atoms with E-state index < -0.39 is 11.6 Å². The van der Waals surface area contributed by atoms with Crippen molar-refractivity contribution < 1.29 is 13.5 Å². The minimum absolute atomic E-state index is 0.105. The number of hydrogen-bond donors (Lipinski definition) is 1. The molecule has 1 aromatic rings. The number of nitrogens with one attached hydrogen (secondary N) is 1. The Kier molecular flexibility index (Phi) is 6.05. The molecule has 0 aliphatic heterocycles. The minimum atomic E-state index is -0.656. The molecular weight excluding hydrogens is 236 g/mol. The van der Waals surface area contributed by atoms with Crippen LogP contribution in [0.15, 0.2) is 18.2 Å². The molecule has 0 heterocycles. The molecule has 102 valence electrons. The van der Waals surface area contributed by atoms with Crippen molar-refractivity contribution in [1.29, 1.82) is 0 Å². The van der Waals surface area contributed by atoms with Crippen molar-refractivity contribution in [2.75, 3.05) is 13.1 Å². The molecule has 1 atom stereocenters. The van der Waals surface area contributed by atoms with Gasteiger partial charge in [0.05, 0.1) is 0 Å². The SMILES string of the molecule is CCCNCC(Oc1ccc(F)cc1F)C(C)C. The van der Waals surface area contributed by atoms with Gasteiger partial charge in [0.25, 0.3) is 0 Å². The molecule has 0 fully saturated rings. The van der Waals surface area contributed by atoms with Gasteiger partial charge in [-0.05, 0) is 31.0 Å². The second kappa shape index (κ2) is 7.31. The fraction of sp³-hybridized carbons (Fsp3) is 0.571. The lowest BCUT2D eigenvalue weighted by atomic mass is 10.1. The second-order valence-electron chi connectivity index (χ2n) is 4.68. The molecule has 0 spiro atoms. The van der Waals surface area contributed by atoms with Crippen LogP contribution in [-0.2, 0) is 0 Å². The van der Waals surface area contributed by atoms with Gasteiger partial charge in [-0.25, -0.2) is 8.78 Å². The normalized spacial score (nSPS) is 12.8. The van der Waals surface area contributed by atoms with Crippen LogP contribution in [0.1, 0.15) is 27.2 Å². The largest absolute Gasteiger partial charge is 0.486 e. The van der Waals surface area contributed by atoms with E-state index in [0.717, 1.165) is 19.0 Å². The van der Waals surface area contributed by atoms with Crippen LogP contribution in [-0.4, -0.2) is 19.2 Å². The van der Waals surface area contributed by atoms with Gasteiger partial charge in [-0.1, -0.05) is 20.8 Å². The second-order valence-corrected chi connectivity index (χ2v) is 4.68. The maximum atomic E-state index is 13.5. The van der Waals surface area contributed by atoms with E-state index in [9.17, 15) is 8.78 Å². The van der Waals surface area contributed by atoms with Crippen molar-refractivity contribution in [3.63, 3.8) is 0 Å². The number of hydrogen-bond acceptors (Lipinski definition) is 2. The molecule has 0 amide bonds. The Morgan fingerprint density at radius 2 is 2.00 bits per heavy atom. The highest BCUT2D eigenvalue weighted by atomic mass is 19.1. The van der Waals surface area contributed by atoms with E-state index in [-0.39, 0.29) is 17.8 Å². The topological polar surface area (TPSA) is 21.3 Å². The highest BCUT2D eigenvalue weighted by Gasteiger charge is 2.17. The first-order valence-electron chi connectivity index (χ1n) is 6.37. The Morgan fingerprint density at radius 1 is 1.28 bits per heavy atom. The summed E-state index contributed by atoms with van der Waals surface area (Å²) in [6.45, 7) is 7.66. The minimum Gasteiger partial charge on any atom is -0.486 e. The standard InChI is InChI=1S/C14H21F2NO/c1-4-7-17-9-14(10(2)3)18-13-6-5-11(15)8-12(13)16/h5-6,8,10,14,17H,4,7,9H2,1-3H3. The van der Waals surface area contributed by atoms with Crippen molar-refractivity contribution >= 4 is 0 Å². The van der Waals surface area contributed by atoms with Gasteiger partial charge in [-0.15, -0.1) is 0 Å². The molecule has 1 N–H and O–H groups in total. The Balaban J connectivity index is 2.64. The van der Waals surface area contributed by atoms with Crippen molar-refractivity contribution in [3.05, 3.63) is 29.8 Å². The van der Waals surface area contributed by atoms with Crippen LogP contribution in [0.3, 0.4) is 0 Å². The summed E-state index contributed by atoms with van der Waals surface area (Å²) in [5.74, 6) is -0.895. The van der Waals surface area contributed by atoms with Crippen molar-refractivity contribution in [2.24, 2.45) is 5.92 Å². The zero-order chi connectivity index (χ0) is 13.5. The van der Waals surface area contributed by atoms with E-state index in [1.165, 1.54) is 12.1 Å². The van der Waals surface area contributed by atoms with Gasteiger partial charge in [0, 0.05) is 12.6 Å². The molecule has 2 nitrogen and oxygen atoms in total. The molecule has 0 saturated carbocycles. The Morgan fingerprint density at radius 3 is 2.56 bits per heavy atom. The summed E-state index contributed by atoms with van der Waals surface area (Å²) >= 11 is 0. The lowest BCUT2D eigenvalue weighted by molar-refractivity contribution is 0.142. The molecule has 18 heavy (non-hydrogen) atoms. The lowest BCUT2D eigenvalue weighted by Crippen LogP contribution is -2.36. The van der Waals surface area contributed by atoms with Crippen molar-refractivity contribution in [1.82, 2.24) is 5.32 Å². The van der Waals surface area contributed by atoms with E-state index in [1.54, 1.807) is 0 Å². The maximum Gasteiger partial charge on any atom is 0.167 e. The zero-order valence-electron chi connectivity index (χ0n) is 11.2. The molecule has 1 aromatic carbocycles. The van der Waals surface area contributed by atoms with Gasteiger partial charge in [0.15, 0.2) is 11.6 Å². The Labute approximate surface area is 107 Å². The first-order valence-corrected chi connectivity index (χ1v) is 6.37. The third kappa shape index (κ3) is 4.61. The molecule has 0 radical (unpaired) electrons. The number of halogens is 2. The molecule has 0 aliphatic rings. The summed E-state index contributed by atoms with van der Waals surface area (Å²) in [7, 11) is 0. The van der Waals surface area contributed by atoms with Crippen LogP contribution in [0, 0.1) is 17.6 Å². The lowest BCUT2D eigenvalue weighted by Gasteiger charge is -2.23. The van der Waals surface area contributed by atoms with E-state index in [2.05, 4.69) is 12.2 Å². The van der Waals surface area contributed by atoms with Crippen LogP contribution in [0.4, 0.5) is 8.78 Å². The number of rotatable bonds is 7. The number of benzene rings is 1. The van der Waals surface area contributed by atoms with Crippen LogP contribution < -0.4 is 10.1 Å².